The lowest BCUT2D eigenvalue weighted by Crippen LogP contribution is -2.43. The second-order valence-corrected chi connectivity index (χ2v) is 13.2. The number of hydrogen-bond donors (Lipinski definition) is 1. The highest BCUT2D eigenvalue weighted by molar-refractivity contribution is 7.12. The van der Waals surface area contributed by atoms with Gasteiger partial charge in [-0.2, -0.15) is 23.4 Å². The molecule has 2 aromatic carbocycles. The van der Waals surface area contributed by atoms with Gasteiger partial charge in [-0.25, -0.2) is 14.2 Å². The number of benzene rings is 2. The first-order valence-electron chi connectivity index (χ1n) is 15.1. The number of nitrogens with one attached hydrogen (secondary N) is 1. The fraction of sp³-hybridized carbons (Fsp3) is 0.364. The van der Waals surface area contributed by atoms with Crippen molar-refractivity contribution >= 4 is 34.7 Å². The average Bonchev–Trinajstić information content (AvgIpc) is 3.53. The number of rotatable bonds is 8. The Morgan fingerprint density at radius 3 is 2.54 bits per heavy atom. The summed E-state index contributed by atoms with van der Waals surface area (Å²) in [5.41, 5.74) is -1.28. The van der Waals surface area contributed by atoms with Crippen LogP contribution in [0.15, 0.2) is 60.2 Å². The van der Waals surface area contributed by atoms with Gasteiger partial charge in [0, 0.05) is 37.6 Å². The van der Waals surface area contributed by atoms with Crippen LogP contribution in [-0.2, 0) is 10.9 Å². The van der Waals surface area contributed by atoms with Crippen molar-refractivity contribution in [3.8, 4) is 22.8 Å². The average molecular weight is 687 g/mol. The molecule has 1 saturated heterocycles. The summed E-state index contributed by atoms with van der Waals surface area (Å²) in [4.78, 5) is 33.4. The maximum atomic E-state index is 15.1. The van der Waals surface area contributed by atoms with Crippen LogP contribution in [0.5, 0.6) is 11.5 Å². The molecule has 1 atom stereocenters. The first-order chi connectivity index (χ1) is 22.7. The normalized spacial score (nSPS) is 15.2. The predicted octanol–water partition coefficient (Wildman–Crippen LogP) is 7.89. The number of aromatic nitrogens is 3. The molecule has 2 amide bonds. The Balaban J connectivity index is 1.51. The molecule has 5 rings (SSSR count). The molecule has 3 heterocycles. The van der Waals surface area contributed by atoms with Crippen molar-refractivity contribution < 1.29 is 36.6 Å². The predicted molar refractivity (Wildman–Crippen MR) is 173 cm³/mol. The van der Waals surface area contributed by atoms with Gasteiger partial charge in [0.1, 0.15) is 16.9 Å². The standard InChI is InChI=1S/C33H34F4N6O4S/c1-32(2,3)47-31(45)42(4)17-20-8-7-15-43(18-20)28-23(40-29(44)30-41-24(19-48-30)21-13-14-38-39-16-21)11-12-26(27(28)33(35,36)37)46-25-10-6-5-9-22(25)34/h5-6,9-14,16,19-20H,7-8,15,17-18H2,1-4H3,(H,40,44)/t20-/m0/s1. The maximum absolute atomic E-state index is 15.1. The molecule has 10 nitrogen and oxygen atoms in total. The minimum absolute atomic E-state index is 0.0171. The number of amides is 2. The molecule has 0 bridgehead atoms. The molecule has 1 N–H and O–H groups in total. The fourth-order valence-corrected chi connectivity index (χ4v) is 6.08. The third-order valence-corrected chi connectivity index (χ3v) is 8.22. The second kappa shape index (κ2) is 14.1. The molecular formula is C33H34F4N6O4S. The number of alkyl halides is 3. The van der Waals surface area contributed by atoms with Crippen molar-refractivity contribution in [2.45, 2.75) is 45.4 Å². The largest absolute Gasteiger partial charge is 0.454 e. The van der Waals surface area contributed by atoms with E-state index in [1.807, 2.05) is 0 Å². The van der Waals surface area contributed by atoms with E-state index in [0.717, 1.165) is 23.5 Å². The summed E-state index contributed by atoms with van der Waals surface area (Å²) in [5.74, 6) is -2.80. The van der Waals surface area contributed by atoms with E-state index in [9.17, 15) is 14.0 Å². The summed E-state index contributed by atoms with van der Waals surface area (Å²) in [5, 5.41) is 11.8. The summed E-state index contributed by atoms with van der Waals surface area (Å²) in [6.07, 6.45) is -1.42. The summed E-state index contributed by atoms with van der Waals surface area (Å²) in [7, 11) is 1.58. The quantitative estimate of drug-likeness (QED) is 0.187. The van der Waals surface area contributed by atoms with Crippen LogP contribution in [-0.4, -0.2) is 64.4 Å². The van der Waals surface area contributed by atoms with Gasteiger partial charge in [-0.3, -0.25) is 4.79 Å². The molecule has 0 spiro atoms. The van der Waals surface area contributed by atoms with Crippen LogP contribution >= 0.6 is 11.3 Å². The van der Waals surface area contributed by atoms with Crippen LogP contribution in [0.3, 0.4) is 0 Å². The van der Waals surface area contributed by atoms with E-state index in [-0.39, 0.29) is 47.7 Å². The van der Waals surface area contributed by atoms with Gasteiger partial charge in [0.15, 0.2) is 16.6 Å². The molecule has 0 saturated carbocycles. The topological polar surface area (TPSA) is 110 Å². The van der Waals surface area contributed by atoms with Gasteiger partial charge in [0.25, 0.3) is 5.91 Å². The number of carbonyl (C=O) groups is 2. The summed E-state index contributed by atoms with van der Waals surface area (Å²) < 4.78 is 70.7. The molecule has 4 aromatic rings. The Hall–Kier alpha value is -4.79. The Labute approximate surface area is 278 Å². The lowest BCUT2D eigenvalue weighted by Gasteiger charge is -2.38. The molecule has 1 aliphatic rings. The van der Waals surface area contributed by atoms with Crippen molar-refractivity contribution in [1.29, 1.82) is 0 Å². The molecule has 1 fully saturated rings. The molecular weight excluding hydrogens is 652 g/mol. The van der Waals surface area contributed by atoms with Crippen molar-refractivity contribution in [1.82, 2.24) is 20.1 Å². The maximum Gasteiger partial charge on any atom is 0.422 e. The van der Waals surface area contributed by atoms with E-state index in [1.54, 1.807) is 39.3 Å². The van der Waals surface area contributed by atoms with E-state index < -0.39 is 40.9 Å². The van der Waals surface area contributed by atoms with Crippen molar-refractivity contribution in [2.24, 2.45) is 5.92 Å². The van der Waals surface area contributed by atoms with Gasteiger partial charge in [-0.05, 0) is 69.9 Å². The van der Waals surface area contributed by atoms with Gasteiger partial charge in [0.05, 0.1) is 29.5 Å². The zero-order valence-electron chi connectivity index (χ0n) is 26.7. The molecule has 2 aromatic heterocycles. The molecule has 48 heavy (non-hydrogen) atoms. The highest BCUT2D eigenvalue weighted by Crippen LogP contribution is 2.49. The molecule has 0 aliphatic carbocycles. The third-order valence-electron chi connectivity index (χ3n) is 7.38. The molecule has 1 aliphatic heterocycles. The number of ether oxygens (including phenoxy) is 2. The lowest BCUT2D eigenvalue weighted by molar-refractivity contribution is -0.138. The second-order valence-electron chi connectivity index (χ2n) is 12.3. The molecule has 0 radical (unpaired) electrons. The lowest BCUT2D eigenvalue weighted by atomic mass is 9.95. The van der Waals surface area contributed by atoms with E-state index in [1.165, 1.54) is 46.5 Å². The van der Waals surface area contributed by atoms with Crippen molar-refractivity contribution in [3.05, 3.63) is 76.6 Å². The Kier molecular flexibility index (Phi) is 10.2. The number of anilines is 2. The van der Waals surface area contributed by atoms with Gasteiger partial charge < -0.3 is 24.6 Å². The van der Waals surface area contributed by atoms with Gasteiger partial charge in [0.2, 0.25) is 0 Å². The van der Waals surface area contributed by atoms with Crippen LogP contribution in [0.2, 0.25) is 0 Å². The Morgan fingerprint density at radius 2 is 1.85 bits per heavy atom. The molecule has 0 unspecified atom stereocenters. The van der Waals surface area contributed by atoms with Gasteiger partial charge >= 0.3 is 12.3 Å². The minimum Gasteiger partial charge on any atom is -0.454 e. The SMILES string of the molecule is CN(C[C@@H]1CCCN(c2c(NC(=O)c3nc(-c4ccnnc4)cs3)ccc(Oc3ccccc3F)c2C(F)(F)F)C1)C(=O)OC(C)(C)C. The Bertz CT molecular complexity index is 1760. The number of carbonyl (C=O) groups excluding carboxylic acids is 2. The van der Waals surface area contributed by atoms with E-state index in [0.29, 0.717) is 24.1 Å². The van der Waals surface area contributed by atoms with Crippen LogP contribution in [0.25, 0.3) is 11.3 Å². The zero-order valence-corrected chi connectivity index (χ0v) is 27.5. The number of nitrogens with zero attached hydrogens (tertiary/aromatic N) is 5. The first-order valence-corrected chi connectivity index (χ1v) is 16.0. The first kappa shape index (κ1) is 34.5. The smallest absolute Gasteiger partial charge is 0.422 e. The number of halogens is 4. The number of para-hydroxylation sites is 1. The highest BCUT2D eigenvalue weighted by Gasteiger charge is 2.42. The number of thiazole rings is 1. The summed E-state index contributed by atoms with van der Waals surface area (Å²) in [6.45, 7) is 5.81. The van der Waals surface area contributed by atoms with E-state index in [2.05, 4.69) is 20.5 Å². The van der Waals surface area contributed by atoms with Crippen LogP contribution in [0.1, 0.15) is 49.0 Å². The summed E-state index contributed by atoms with van der Waals surface area (Å²) in [6, 6.07) is 9.18. The summed E-state index contributed by atoms with van der Waals surface area (Å²) >= 11 is 1.02. The monoisotopic (exact) mass is 686 g/mol. The Morgan fingerprint density at radius 1 is 1.08 bits per heavy atom. The van der Waals surface area contributed by atoms with Crippen molar-refractivity contribution in [3.63, 3.8) is 0 Å². The molecule has 15 heteroatoms. The van der Waals surface area contributed by atoms with Crippen molar-refractivity contribution in [2.75, 3.05) is 36.9 Å². The number of hydrogen-bond acceptors (Lipinski definition) is 9. The van der Waals surface area contributed by atoms with Gasteiger partial charge in [-0.1, -0.05) is 12.1 Å². The van der Waals surface area contributed by atoms with E-state index >= 15 is 13.2 Å². The molecule has 254 valence electrons. The zero-order chi connectivity index (χ0) is 34.6. The van der Waals surface area contributed by atoms with Crippen LogP contribution in [0.4, 0.5) is 33.7 Å². The van der Waals surface area contributed by atoms with Crippen LogP contribution in [0, 0.1) is 11.7 Å². The minimum atomic E-state index is -4.97. The van der Waals surface area contributed by atoms with E-state index in [4.69, 9.17) is 9.47 Å². The number of piperidine rings is 1. The highest BCUT2D eigenvalue weighted by atomic mass is 32.1. The third kappa shape index (κ3) is 8.37. The van der Waals surface area contributed by atoms with Crippen LogP contribution < -0.4 is 15.0 Å². The van der Waals surface area contributed by atoms with Gasteiger partial charge in [-0.15, -0.1) is 11.3 Å². The fourth-order valence-electron chi connectivity index (χ4n) is 5.35.